The number of benzene rings is 1. The lowest BCUT2D eigenvalue weighted by Crippen LogP contribution is -2.49. The van der Waals surface area contributed by atoms with Gasteiger partial charge in [0, 0.05) is 25.7 Å². The minimum atomic E-state index is -1.06. The van der Waals surface area contributed by atoms with E-state index >= 15 is 0 Å². The molecule has 2 aliphatic heterocycles. The molecule has 206 valence electrons. The Labute approximate surface area is 234 Å². The summed E-state index contributed by atoms with van der Waals surface area (Å²) in [6, 6.07) is 4.72. The van der Waals surface area contributed by atoms with Gasteiger partial charge in [0.1, 0.15) is 5.67 Å². The highest BCUT2D eigenvalue weighted by molar-refractivity contribution is 7.59. The maximum Gasteiger partial charge on any atom is 0.161 e. The highest BCUT2D eigenvalue weighted by Crippen LogP contribution is 2.44. The molecule has 4 nitrogen and oxygen atoms in total. The SMILES string of the molecule is COc1cc2c(cc1OC)[C@@H]1C[C@H](OCCCCCC(C)(C)[19F])[C@@H](CC(C)C)CN1CC2.S.S.S. The normalized spacial score (nSPS) is 21.7. The summed E-state index contributed by atoms with van der Waals surface area (Å²) in [5.74, 6) is 2.86. The number of hydrogen-bond acceptors (Lipinski definition) is 4. The second-order valence-corrected chi connectivity index (χ2v) is 10.7. The van der Waals surface area contributed by atoms with Crippen LogP contribution in [-0.4, -0.2) is 50.6 Å². The molecular formula is C27H50FNO3S3. The second-order valence-electron chi connectivity index (χ2n) is 10.7. The van der Waals surface area contributed by atoms with Crippen LogP contribution in [0.4, 0.5) is 4.39 Å². The van der Waals surface area contributed by atoms with E-state index in [2.05, 4.69) is 30.9 Å². The van der Waals surface area contributed by atoms with Crippen molar-refractivity contribution in [3.05, 3.63) is 23.3 Å². The van der Waals surface area contributed by atoms with Gasteiger partial charge in [0.05, 0.1) is 20.3 Å². The fourth-order valence-corrected chi connectivity index (χ4v) is 5.50. The summed E-state index contributed by atoms with van der Waals surface area (Å²) in [5, 5.41) is 0. The summed E-state index contributed by atoms with van der Waals surface area (Å²) in [4.78, 5) is 2.66. The standard InChI is InChI=1S/C27H44FNO3.3H2S/c1-19(2)14-21-18-29-12-10-20-15-25(30-5)26(31-6)16-22(20)23(29)17-24(21)32-13-9-7-8-11-27(3,4)28;;;/h15-16,19,21,23-24H,7-14,17-18H2,1-6H3;3*1H2/t21-,23-,24-;;;/m0.../s1/i28+0;;;. The molecule has 0 N–H and O–H groups in total. The Morgan fingerprint density at radius 1 is 1.03 bits per heavy atom. The van der Waals surface area contributed by atoms with Crippen LogP contribution in [0.3, 0.4) is 0 Å². The monoisotopic (exact) mass is 551 g/mol. The summed E-state index contributed by atoms with van der Waals surface area (Å²) in [6.07, 6.45) is 7.15. The molecule has 0 aliphatic carbocycles. The van der Waals surface area contributed by atoms with Gasteiger partial charge in [-0.15, -0.1) is 0 Å². The molecule has 0 radical (unpaired) electrons. The summed E-state index contributed by atoms with van der Waals surface area (Å²) < 4.78 is 31.4. The van der Waals surface area contributed by atoms with Crippen molar-refractivity contribution in [1.29, 1.82) is 0 Å². The maximum absolute atomic E-state index is 13.7. The van der Waals surface area contributed by atoms with Crippen LogP contribution in [0.25, 0.3) is 0 Å². The van der Waals surface area contributed by atoms with Gasteiger partial charge in [-0.25, -0.2) is 4.39 Å². The van der Waals surface area contributed by atoms with Gasteiger partial charge in [-0.2, -0.15) is 40.5 Å². The van der Waals surface area contributed by atoms with Gasteiger partial charge in [-0.3, -0.25) is 4.90 Å². The fraction of sp³-hybridized carbons (Fsp3) is 0.778. The molecule has 2 heterocycles. The third-order valence-corrected chi connectivity index (χ3v) is 7.09. The van der Waals surface area contributed by atoms with Gasteiger partial charge in [0.2, 0.25) is 0 Å². The zero-order valence-electron chi connectivity index (χ0n) is 22.6. The molecule has 0 unspecified atom stereocenters. The van der Waals surface area contributed by atoms with Crippen molar-refractivity contribution in [3.8, 4) is 11.5 Å². The van der Waals surface area contributed by atoms with E-state index in [4.69, 9.17) is 14.2 Å². The molecule has 1 aromatic rings. The number of alkyl halides is 1. The Hall–Kier alpha value is -0.280. The lowest BCUT2D eigenvalue weighted by Gasteiger charge is -2.47. The minimum Gasteiger partial charge on any atom is -0.493 e. The van der Waals surface area contributed by atoms with Gasteiger partial charge in [-0.1, -0.05) is 26.7 Å². The molecule has 2 aliphatic rings. The molecule has 0 amide bonds. The van der Waals surface area contributed by atoms with Gasteiger partial charge < -0.3 is 14.2 Å². The van der Waals surface area contributed by atoms with Gasteiger partial charge in [-0.05, 0) is 81.0 Å². The van der Waals surface area contributed by atoms with Crippen LogP contribution in [0.5, 0.6) is 11.5 Å². The third-order valence-electron chi connectivity index (χ3n) is 7.09. The third kappa shape index (κ3) is 9.84. The molecule has 35 heavy (non-hydrogen) atoms. The van der Waals surface area contributed by atoms with Gasteiger partial charge in [0.25, 0.3) is 0 Å². The van der Waals surface area contributed by atoms with E-state index in [-0.39, 0.29) is 46.6 Å². The average Bonchev–Trinajstić information content (AvgIpc) is 2.74. The van der Waals surface area contributed by atoms with E-state index in [0.717, 1.165) is 63.3 Å². The molecule has 3 atom stereocenters. The summed E-state index contributed by atoms with van der Waals surface area (Å²) in [5.41, 5.74) is 1.68. The van der Waals surface area contributed by atoms with Crippen molar-refractivity contribution in [2.24, 2.45) is 11.8 Å². The number of hydrogen-bond donors (Lipinski definition) is 0. The molecule has 1 fully saturated rings. The Morgan fingerprint density at radius 3 is 2.29 bits per heavy atom. The molecule has 8 heteroatoms. The molecule has 1 aromatic carbocycles. The zero-order valence-corrected chi connectivity index (χ0v) is 25.6. The van der Waals surface area contributed by atoms with E-state index in [1.54, 1.807) is 28.1 Å². The first kappa shape index (κ1) is 34.7. The van der Waals surface area contributed by atoms with E-state index in [1.807, 2.05) is 0 Å². The summed E-state index contributed by atoms with van der Waals surface area (Å²) in [6.45, 7) is 10.9. The topological polar surface area (TPSA) is 30.9 Å². The molecular weight excluding hydrogens is 502 g/mol. The summed E-state index contributed by atoms with van der Waals surface area (Å²) >= 11 is 0. The van der Waals surface area contributed by atoms with Gasteiger partial charge >= 0.3 is 0 Å². The number of halogens is 1. The van der Waals surface area contributed by atoms with Crippen molar-refractivity contribution in [2.45, 2.75) is 90.5 Å². The van der Waals surface area contributed by atoms with Crippen molar-refractivity contribution in [1.82, 2.24) is 4.90 Å². The molecule has 1 saturated heterocycles. The lowest BCUT2D eigenvalue weighted by molar-refractivity contribution is -0.0648. The van der Waals surface area contributed by atoms with Crippen LogP contribution in [-0.2, 0) is 11.2 Å². The second kappa shape index (κ2) is 15.9. The number of rotatable bonds is 11. The number of nitrogens with zero attached hydrogens (tertiary/aromatic N) is 1. The van der Waals surface area contributed by atoms with Crippen LogP contribution in [0.2, 0.25) is 0 Å². The number of unbranched alkanes of at least 4 members (excludes halogenated alkanes) is 2. The average molecular weight is 552 g/mol. The number of fused-ring (bicyclic) bond motifs is 3. The van der Waals surface area contributed by atoms with E-state index in [1.165, 1.54) is 17.5 Å². The first-order valence-electron chi connectivity index (χ1n) is 12.5. The predicted molar refractivity (Wildman–Crippen MR) is 160 cm³/mol. The van der Waals surface area contributed by atoms with Crippen molar-refractivity contribution in [3.63, 3.8) is 0 Å². The predicted octanol–water partition coefficient (Wildman–Crippen LogP) is 6.70. The molecule has 0 spiro atoms. The largest absolute Gasteiger partial charge is 0.493 e. The molecule has 3 rings (SSSR count). The van der Waals surface area contributed by atoms with Crippen LogP contribution < -0.4 is 9.47 Å². The smallest absolute Gasteiger partial charge is 0.161 e. The molecule has 0 saturated carbocycles. The number of ether oxygens (including phenoxy) is 3. The van der Waals surface area contributed by atoms with E-state index in [9.17, 15) is 4.39 Å². The van der Waals surface area contributed by atoms with Gasteiger partial charge in [0.15, 0.2) is 11.5 Å². The lowest BCUT2D eigenvalue weighted by atomic mass is 9.79. The van der Waals surface area contributed by atoms with Crippen molar-refractivity contribution in [2.75, 3.05) is 33.9 Å². The maximum atomic E-state index is 13.7. The van der Waals surface area contributed by atoms with Crippen LogP contribution in [0, 0.1) is 11.8 Å². The van der Waals surface area contributed by atoms with E-state index < -0.39 is 5.67 Å². The highest BCUT2D eigenvalue weighted by atomic mass is 32.1. The molecule has 0 aromatic heterocycles. The van der Waals surface area contributed by atoms with Crippen LogP contribution >= 0.6 is 40.5 Å². The Bertz CT molecular complexity index is 745. The van der Waals surface area contributed by atoms with Crippen molar-refractivity contribution >= 4 is 40.5 Å². The van der Waals surface area contributed by atoms with Crippen molar-refractivity contribution < 1.29 is 18.6 Å². The van der Waals surface area contributed by atoms with E-state index in [0.29, 0.717) is 24.3 Å². The van der Waals surface area contributed by atoms with Crippen LogP contribution in [0.15, 0.2) is 12.1 Å². The quantitative estimate of drug-likeness (QED) is 0.286. The number of piperidine rings is 1. The zero-order chi connectivity index (χ0) is 23.3. The highest BCUT2D eigenvalue weighted by Gasteiger charge is 2.40. The fourth-order valence-electron chi connectivity index (χ4n) is 5.50. The Morgan fingerprint density at radius 2 is 1.69 bits per heavy atom. The molecule has 0 bridgehead atoms. The first-order valence-corrected chi connectivity index (χ1v) is 12.5. The Balaban J connectivity index is 0.00000385. The first-order chi connectivity index (χ1) is 15.2. The minimum absolute atomic E-state index is 0. The van der Waals surface area contributed by atoms with Crippen LogP contribution in [0.1, 0.15) is 83.4 Å². The summed E-state index contributed by atoms with van der Waals surface area (Å²) in [7, 11) is 3.41. The Kier molecular flexibility index (Phi) is 15.7. The number of methoxy groups -OCH3 is 2.